The molecule has 2 aliphatic rings. The number of allylic oxidation sites excluding steroid dienone is 2. The van der Waals surface area contributed by atoms with Gasteiger partial charge in [-0.05, 0) is 92.7 Å². The van der Waals surface area contributed by atoms with Crippen molar-refractivity contribution in [1.82, 2.24) is 0 Å². The van der Waals surface area contributed by atoms with Gasteiger partial charge in [-0.25, -0.2) is 4.39 Å². The van der Waals surface area contributed by atoms with E-state index in [-0.39, 0.29) is 5.82 Å². The van der Waals surface area contributed by atoms with Crippen molar-refractivity contribution in [1.29, 1.82) is 0 Å². The summed E-state index contributed by atoms with van der Waals surface area (Å²) in [7, 11) is 0. The second kappa shape index (κ2) is 9.55. The topological polar surface area (TPSA) is 0 Å². The van der Waals surface area contributed by atoms with Crippen molar-refractivity contribution >= 4 is 0 Å². The van der Waals surface area contributed by atoms with Gasteiger partial charge in [0, 0.05) is 0 Å². The smallest absolute Gasteiger partial charge is 0.123 e. The minimum atomic E-state index is -0.146. The van der Waals surface area contributed by atoms with Crippen molar-refractivity contribution < 1.29 is 4.39 Å². The van der Waals surface area contributed by atoms with Gasteiger partial charge >= 0.3 is 0 Å². The fraction of sp³-hybridized carbons (Fsp3) is 0.667. The molecule has 2 fully saturated rings. The fourth-order valence-electron chi connectivity index (χ4n) is 5.09. The Morgan fingerprint density at radius 3 is 1.92 bits per heavy atom. The second-order valence-corrected chi connectivity index (χ2v) is 8.51. The van der Waals surface area contributed by atoms with Gasteiger partial charge in [0.2, 0.25) is 0 Å². The van der Waals surface area contributed by atoms with Crippen molar-refractivity contribution in [2.75, 3.05) is 0 Å². The maximum atomic E-state index is 12.9. The minimum absolute atomic E-state index is 0.146. The van der Waals surface area contributed by atoms with Gasteiger partial charge in [0.15, 0.2) is 0 Å². The normalized spacial score (nSPS) is 30.6. The van der Waals surface area contributed by atoms with Crippen LogP contribution in [0.4, 0.5) is 4.39 Å². The molecule has 25 heavy (non-hydrogen) atoms. The predicted molar refractivity (Wildman–Crippen MR) is 105 cm³/mol. The highest BCUT2D eigenvalue weighted by atomic mass is 19.1. The first-order valence-electron chi connectivity index (χ1n) is 10.6. The summed E-state index contributed by atoms with van der Waals surface area (Å²) in [6.45, 7) is 2.36. The van der Waals surface area contributed by atoms with Crippen LogP contribution in [0.15, 0.2) is 36.4 Å². The Bertz CT molecular complexity index is 514. The maximum absolute atomic E-state index is 12.9. The zero-order valence-corrected chi connectivity index (χ0v) is 15.9. The van der Waals surface area contributed by atoms with Crippen LogP contribution in [0.25, 0.3) is 0 Å². The molecule has 0 atom stereocenters. The van der Waals surface area contributed by atoms with Crippen LogP contribution in [0.3, 0.4) is 0 Å². The van der Waals surface area contributed by atoms with Crippen molar-refractivity contribution in [3.63, 3.8) is 0 Å². The van der Waals surface area contributed by atoms with Gasteiger partial charge in [-0.15, -0.1) is 0 Å². The lowest BCUT2D eigenvalue weighted by molar-refractivity contribution is 0.145. The third-order valence-corrected chi connectivity index (χ3v) is 6.93. The number of benzene rings is 1. The van der Waals surface area contributed by atoms with Crippen LogP contribution < -0.4 is 0 Å². The summed E-state index contributed by atoms with van der Waals surface area (Å²) in [5.41, 5.74) is 1.20. The maximum Gasteiger partial charge on any atom is 0.123 e. The molecule has 0 bridgehead atoms. The van der Waals surface area contributed by atoms with Gasteiger partial charge in [0.25, 0.3) is 0 Å². The molecule has 0 unspecified atom stereocenters. The Morgan fingerprint density at radius 1 is 0.800 bits per heavy atom. The van der Waals surface area contributed by atoms with E-state index in [1.807, 2.05) is 12.1 Å². The van der Waals surface area contributed by atoms with Gasteiger partial charge in [0.1, 0.15) is 5.82 Å². The van der Waals surface area contributed by atoms with E-state index in [0.29, 0.717) is 0 Å². The number of halogens is 1. The minimum Gasteiger partial charge on any atom is -0.207 e. The van der Waals surface area contributed by atoms with Crippen LogP contribution >= 0.6 is 0 Å². The highest BCUT2D eigenvalue weighted by Gasteiger charge is 2.30. The summed E-state index contributed by atoms with van der Waals surface area (Å²) in [6, 6.07) is 6.88. The van der Waals surface area contributed by atoms with Crippen LogP contribution in [-0.4, -0.2) is 0 Å². The number of hydrogen-bond acceptors (Lipinski definition) is 0. The summed E-state index contributed by atoms with van der Waals surface area (Å²) in [4.78, 5) is 0. The molecule has 0 radical (unpaired) electrons. The van der Waals surface area contributed by atoms with Crippen LogP contribution in [0.1, 0.15) is 76.7 Å². The molecule has 0 amide bonds. The average Bonchev–Trinajstić information content (AvgIpc) is 2.67. The molecule has 0 spiro atoms. The summed E-state index contributed by atoms with van der Waals surface area (Å²) >= 11 is 0. The van der Waals surface area contributed by atoms with E-state index >= 15 is 0 Å². The van der Waals surface area contributed by atoms with Crippen LogP contribution in [0.2, 0.25) is 0 Å². The van der Waals surface area contributed by atoms with E-state index in [1.165, 1.54) is 69.8 Å². The molecule has 1 aromatic carbocycles. The molecule has 138 valence electrons. The molecule has 0 aromatic heterocycles. The van der Waals surface area contributed by atoms with Crippen molar-refractivity contribution in [2.45, 2.75) is 77.6 Å². The molecule has 0 saturated heterocycles. The zero-order chi connectivity index (χ0) is 17.5. The van der Waals surface area contributed by atoms with E-state index in [1.54, 1.807) is 12.1 Å². The molecule has 2 saturated carbocycles. The van der Waals surface area contributed by atoms with Crippen LogP contribution in [0.5, 0.6) is 0 Å². The molecule has 2 aliphatic carbocycles. The predicted octanol–water partition coefficient (Wildman–Crippen LogP) is 7.34. The molecular formula is C24H35F. The standard InChI is InChI=1S/C24H35F/c1-2-19-7-13-22(14-8-19)23-15-9-20(10-16-23)5-3-4-6-21-11-17-24(25)18-12-21/h3-4,11-12,17-20,22-23H,2,5-10,13-16H2,1H3. The summed E-state index contributed by atoms with van der Waals surface area (Å²) < 4.78 is 12.9. The van der Waals surface area contributed by atoms with E-state index in [9.17, 15) is 4.39 Å². The number of rotatable bonds is 6. The Balaban J connectivity index is 1.34. The lowest BCUT2D eigenvalue weighted by Crippen LogP contribution is -2.25. The quantitative estimate of drug-likeness (QED) is 0.474. The molecular weight excluding hydrogens is 307 g/mol. The third-order valence-electron chi connectivity index (χ3n) is 6.93. The van der Waals surface area contributed by atoms with Gasteiger partial charge in [-0.1, -0.05) is 50.5 Å². The number of hydrogen-bond donors (Lipinski definition) is 0. The largest absolute Gasteiger partial charge is 0.207 e. The third kappa shape index (κ3) is 5.69. The molecule has 1 aromatic rings. The monoisotopic (exact) mass is 342 g/mol. The van der Waals surface area contributed by atoms with Crippen LogP contribution in [-0.2, 0) is 6.42 Å². The Hall–Kier alpha value is -1.11. The van der Waals surface area contributed by atoms with Gasteiger partial charge < -0.3 is 0 Å². The molecule has 3 rings (SSSR count). The highest BCUT2D eigenvalue weighted by Crippen LogP contribution is 2.42. The zero-order valence-electron chi connectivity index (χ0n) is 15.9. The SMILES string of the molecule is CCC1CCC(C2CCC(CC=CCc3ccc(F)cc3)CC2)CC1. The van der Waals surface area contributed by atoms with Crippen LogP contribution in [0, 0.1) is 29.5 Å². The first-order valence-corrected chi connectivity index (χ1v) is 10.6. The molecule has 0 nitrogen and oxygen atoms in total. The second-order valence-electron chi connectivity index (χ2n) is 8.51. The Morgan fingerprint density at radius 2 is 1.36 bits per heavy atom. The fourth-order valence-corrected chi connectivity index (χ4v) is 5.09. The van der Waals surface area contributed by atoms with Gasteiger partial charge in [0.05, 0.1) is 0 Å². The summed E-state index contributed by atoms with van der Waals surface area (Å²) in [5.74, 6) is 3.84. The van der Waals surface area contributed by atoms with E-state index in [0.717, 1.165) is 30.1 Å². The Labute approximate surface area is 153 Å². The summed E-state index contributed by atoms with van der Waals surface area (Å²) in [6.07, 6.45) is 20.0. The molecule has 1 heteroatoms. The van der Waals surface area contributed by atoms with Gasteiger partial charge in [-0.3, -0.25) is 0 Å². The molecule has 0 N–H and O–H groups in total. The molecule has 0 heterocycles. The van der Waals surface area contributed by atoms with Crippen molar-refractivity contribution in [2.24, 2.45) is 23.7 Å². The van der Waals surface area contributed by atoms with Crippen molar-refractivity contribution in [3.8, 4) is 0 Å². The molecule has 0 aliphatic heterocycles. The van der Waals surface area contributed by atoms with E-state index in [4.69, 9.17) is 0 Å². The lowest BCUT2D eigenvalue weighted by atomic mass is 9.68. The van der Waals surface area contributed by atoms with E-state index < -0.39 is 0 Å². The first kappa shape index (κ1) is 18.7. The lowest BCUT2D eigenvalue weighted by Gasteiger charge is -2.37. The Kier molecular flexibility index (Phi) is 7.13. The van der Waals surface area contributed by atoms with Gasteiger partial charge in [-0.2, -0.15) is 0 Å². The average molecular weight is 343 g/mol. The summed E-state index contributed by atoms with van der Waals surface area (Å²) in [5, 5.41) is 0. The first-order chi connectivity index (χ1) is 12.2. The van der Waals surface area contributed by atoms with Crippen molar-refractivity contribution in [3.05, 3.63) is 47.8 Å². The highest BCUT2D eigenvalue weighted by molar-refractivity contribution is 5.18. The van der Waals surface area contributed by atoms with E-state index in [2.05, 4.69) is 19.1 Å².